The molecular formula is C26H25N3O4. The van der Waals surface area contributed by atoms with Gasteiger partial charge in [-0.15, -0.1) is 0 Å². The number of amides is 1. The van der Waals surface area contributed by atoms with E-state index in [0.29, 0.717) is 28.3 Å². The molecule has 0 saturated carbocycles. The molecule has 2 aliphatic heterocycles. The second-order valence-electron chi connectivity index (χ2n) is 8.41. The maximum atomic E-state index is 12.9. The molecule has 2 aromatic carbocycles. The van der Waals surface area contributed by atoms with E-state index in [9.17, 15) is 14.7 Å². The molecular weight excluding hydrogens is 418 g/mol. The molecule has 0 radical (unpaired) electrons. The zero-order valence-electron chi connectivity index (χ0n) is 18.1. The van der Waals surface area contributed by atoms with E-state index in [4.69, 9.17) is 4.42 Å². The van der Waals surface area contributed by atoms with Crippen molar-refractivity contribution >= 4 is 34.5 Å². The number of fused-ring (bicyclic) bond motifs is 1. The molecule has 168 valence electrons. The zero-order valence-corrected chi connectivity index (χ0v) is 18.1. The van der Waals surface area contributed by atoms with E-state index in [0.717, 1.165) is 25.3 Å². The Balaban J connectivity index is 1.48. The molecule has 7 nitrogen and oxygen atoms in total. The summed E-state index contributed by atoms with van der Waals surface area (Å²) in [5.74, 6) is -0.868. The van der Waals surface area contributed by atoms with Crippen molar-refractivity contribution in [1.82, 2.24) is 4.90 Å². The minimum atomic E-state index is -1.05. The molecule has 3 heterocycles. The number of hydrogen-bond donors (Lipinski definition) is 3. The lowest BCUT2D eigenvalue weighted by Crippen LogP contribution is -2.29. The summed E-state index contributed by atoms with van der Waals surface area (Å²) < 4.78 is 5.62. The summed E-state index contributed by atoms with van der Waals surface area (Å²) in [4.78, 5) is 26.9. The molecule has 0 spiro atoms. The van der Waals surface area contributed by atoms with E-state index < -0.39 is 5.97 Å². The second kappa shape index (κ2) is 8.96. The van der Waals surface area contributed by atoms with Gasteiger partial charge in [-0.3, -0.25) is 9.69 Å². The topological polar surface area (TPSA) is 94.8 Å². The molecule has 0 bridgehead atoms. The maximum Gasteiger partial charge on any atom is 0.335 e. The van der Waals surface area contributed by atoms with E-state index >= 15 is 0 Å². The van der Waals surface area contributed by atoms with Crippen molar-refractivity contribution in [3.8, 4) is 0 Å². The van der Waals surface area contributed by atoms with Crippen LogP contribution >= 0.6 is 0 Å². The number of carboxylic acids is 1. The maximum absolute atomic E-state index is 12.9. The average Bonchev–Trinajstić information content (AvgIpc) is 3.46. The fourth-order valence-electron chi connectivity index (χ4n) is 4.43. The minimum absolute atomic E-state index is 0.114. The van der Waals surface area contributed by atoms with Gasteiger partial charge in [-0.2, -0.15) is 0 Å². The molecule has 0 atom stereocenters. The molecule has 1 saturated heterocycles. The monoisotopic (exact) mass is 443 g/mol. The van der Waals surface area contributed by atoms with Crippen LogP contribution in [0.5, 0.6) is 0 Å². The first-order valence-electron chi connectivity index (χ1n) is 11.1. The van der Waals surface area contributed by atoms with Crippen LogP contribution in [0.25, 0.3) is 11.3 Å². The van der Waals surface area contributed by atoms with Gasteiger partial charge in [0.25, 0.3) is 5.91 Å². The lowest BCUT2D eigenvalue weighted by atomic mass is 10.0. The number of carboxylic acid groups (broad SMARTS) is 1. The number of nitrogens with one attached hydrogen (secondary N) is 2. The quantitative estimate of drug-likeness (QED) is 0.469. The van der Waals surface area contributed by atoms with E-state index in [1.165, 1.54) is 37.0 Å². The number of rotatable bonds is 6. The van der Waals surface area contributed by atoms with Gasteiger partial charge in [0, 0.05) is 23.5 Å². The summed E-state index contributed by atoms with van der Waals surface area (Å²) in [6, 6.07) is 16.3. The zero-order chi connectivity index (χ0) is 22.8. The van der Waals surface area contributed by atoms with E-state index in [-0.39, 0.29) is 11.5 Å². The lowest BCUT2D eigenvalue weighted by Gasteiger charge is -2.26. The average molecular weight is 444 g/mol. The molecule has 3 N–H and O–H groups in total. The number of furan rings is 1. The number of aromatic carboxylic acids is 1. The molecule has 1 fully saturated rings. The summed E-state index contributed by atoms with van der Waals surface area (Å²) >= 11 is 0. The third-order valence-corrected chi connectivity index (χ3v) is 6.11. The molecule has 0 aliphatic carbocycles. The summed E-state index contributed by atoms with van der Waals surface area (Å²) in [6.45, 7) is 3.21. The molecule has 3 aromatic rings. The number of hydrogen-bond acceptors (Lipinski definition) is 5. The lowest BCUT2D eigenvalue weighted by molar-refractivity contribution is -0.110. The third-order valence-electron chi connectivity index (χ3n) is 6.11. The van der Waals surface area contributed by atoms with Gasteiger partial charge in [0.15, 0.2) is 5.76 Å². The predicted molar refractivity (Wildman–Crippen MR) is 127 cm³/mol. The Hall–Kier alpha value is -3.84. The second-order valence-corrected chi connectivity index (χ2v) is 8.41. The predicted octanol–water partition coefficient (Wildman–Crippen LogP) is 4.90. The van der Waals surface area contributed by atoms with Crippen molar-refractivity contribution < 1.29 is 19.1 Å². The van der Waals surface area contributed by atoms with Crippen LogP contribution in [0.3, 0.4) is 0 Å². The van der Waals surface area contributed by atoms with Gasteiger partial charge in [-0.25, -0.2) is 4.79 Å². The van der Waals surface area contributed by atoms with E-state index in [1.807, 2.05) is 12.1 Å². The first-order chi connectivity index (χ1) is 16.1. The molecule has 7 heteroatoms. The van der Waals surface area contributed by atoms with Gasteiger partial charge in [0.1, 0.15) is 0 Å². The van der Waals surface area contributed by atoms with Crippen molar-refractivity contribution in [3.63, 3.8) is 0 Å². The molecule has 1 amide bonds. The highest BCUT2D eigenvalue weighted by Crippen LogP contribution is 2.38. The van der Waals surface area contributed by atoms with Crippen LogP contribution in [-0.2, 0) is 11.3 Å². The normalized spacial score (nSPS) is 17.4. The SMILES string of the molecule is O=C1Nc2ccc(C(=O)O)cc2/C1=C(/Nc1ccc(CN2CCCCC2)cc1)c1ccco1. The van der Waals surface area contributed by atoms with Gasteiger partial charge in [0.05, 0.1) is 23.1 Å². The summed E-state index contributed by atoms with van der Waals surface area (Å²) in [6.07, 6.45) is 5.37. The van der Waals surface area contributed by atoms with Gasteiger partial charge >= 0.3 is 5.97 Å². The van der Waals surface area contributed by atoms with Crippen LogP contribution in [0.1, 0.15) is 46.5 Å². The van der Waals surface area contributed by atoms with E-state index in [1.54, 1.807) is 24.5 Å². The highest BCUT2D eigenvalue weighted by atomic mass is 16.4. The van der Waals surface area contributed by atoms with Crippen molar-refractivity contribution in [1.29, 1.82) is 0 Å². The number of likely N-dealkylation sites (tertiary alicyclic amines) is 1. The fourth-order valence-corrected chi connectivity index (χ4v) is 4.43. The molecule has 0 unspecified atom stereocenters. The van der Waals surface area contributed by atoms with Crippen LogP contribution in [-0.4, -0.2) is 35.0 Å². The van der Waals surface area contributed by atoms with Gasteiger partial charge < -0.3 is 20.2 Å². The van der Waals surface area contributed by atoms with Crippen LogP contribution in [0.4, 0.5) is 11.4 Å². The van der Waals surface area contributed by atoms with Crippen molar-refractivity contribution in [2.45, 2.75) is 25.8 Å². The molecule has 33 heavy (non-hydrogen) atoms. The van der Waals surface area contributed by atoms with Crippen molar-refractivity contribution in [3.05, 3.63) is 83.3 Å². The third kappa shape index (κ3) is 4.40. The standard InChI is InChI=1S/C26H25N3O4/c30-25-23(20-15-18(26(31)32)8-11-21(20)28-25)24(22-5-4-14-33-22)27-19-9-6-17(7-10-19)16-29-12-2-1-3-13-29/h4-11,14-15,27H,1-3,12-13,16H2,(H,28,30)(H,31,32)/b24-23-. The first kappa shape index (κ1) is 21.0. The van der Waals surface area contributed by atoms with Crippen LogP contribution < -0.4 is 10.6 Å². The molecule has 2 aliphatic rings. The highest BCUT2D eigenvalue weighted by Gasteiger charge is 2.30. The highest BCUT2D eigenvalue weighted by molar-refractivity contribution is 6.37. The Kier molecular flexibility index (Phi) is 5.71. The summed E-state index contributed by atoms with van der Waals surface area (Å²) in [5, 5.41) is 15.6. The van der Waals surface area contributed by atoms with E-state index in [2.05, 4.69) is 27.7 Å². The van der Waals surface area contributed by atoms with Gasteiger partial charge in [-0.05, 0) is 74.0 Å². The van der Waals surface area contributed by atoms with Crippen molar-refractivity contribution in [2.24, 2.45) is 0 Å². The minimum Gasteiger partial charge on any atom is -0.478 e. The number of carbonyl (C=O) groups excluding carboxylic acids is 1. The van der Waals surface area contributed by atoms with Crippen LogP contribution in [0, 0.1) is 0 Å². The summed E-state index contributed by atoms with van der Waals surface area (Å²) in [5.41, 5.74) is 4.10. The Labute approximate surface area is 191 Å². The van der Waals surface area contributed by atoms with Crippen LogP contribution in [0.15, 0.2) is 65.3 Å². The number of piperidine rings is 1. The Morgan fingerprint density at radius 3 is 2.55 bits per heavy atom. The Morgan fingerprint density at radius 1 is 1.06 bits per heavy atom. The molecule has 5 rings (SSSR count). The molecule has 1 aromatic heterocycles. The number of benzene rings is 2. The fraction of sp³-hybridized carbons (Fsp3) is 0.231. The Morgan fingerprint density at radius 2 is 1.85 bits per heavy atom. The van der Waals surface area contributed by atoms with Crippen molar-refractivity contribution in [2.75, 3.05) is 23.7 Å². The largest absolute Gasteiger partial charge is 0.478 e. The smallest absolute Gasteiger partial charge is 0.335 e. The number of carbonyl (C=O) groups is 2. The number of anilines is 2. The Bertz CT molecular complexity index is 1210. The van der Waals surface area contributed by atoms with Gasteiger partial charge in [-0.1, -0.05) is 18.6 Å². The summed E-state index contributed by atoms with van der Waals surface area (Å²) in [7, 11) is 0. The first-order valence-corrected chi connectivity index (χ1v) is 11.1. The number of nitrogens with zero attached hydrogens (tertiary/aromatic N) is 1. The van der Waals surface area contributed by atoms with Crippen LogP contribution in [0.2, 0.25) is 0 Å². The van der Waals surface area contributed by atoms with Gasteiger partial charge in [0.2, 0.25) is 0 Å².